The number of hydrogen-bond donors (Lipinski definition) is 1. The van der Waals surface area contributed by atoms with Crippen LogP contribution in [0.1, 0.15) is 24.7 Å². The number of aromatic nitrogens is 4. The molecule has 0 saturated heterocycles. The second kappa shape index (κ2) is 3.41. The van der Waals surface area contributed by atoms with E-state index in [9.17, 15) is 0 Å². The van der Waals surface area contributed by atoms with Crippen LogP contribution in [0.15, 0.2) is 16.8 Å². The lowest BCUT2D eigenvalue weighted by Gasteiger charge is -2.01. The third-order valence-corrected chi connectivity index (χ3v) is 2.80. The van der Waals surface area contributed by atoms with Crippen molar-refractivity contribution < 1.29 is 4.52 Å². The van der Waals surface area contributed by atoms with Gasteiger partial charge in [-0.1, -0.05) is 5.16 Å². The fourth-order valence-electron chi connectivity index (χ4n) is 1.67. The molecular formula is C10H13N5O. The van der Waals surface area contributed by atoms with Crippen LogP contribution in [0, 0.1) is 5.92 Å². The molecule has 2 aromatic heterocycles. The van der Waals surface area contributed by atoms with Crippen LogP contribution in [0.5, 0.6) is 0 Å². The molecule has 3 rings (SSSR count). The highest BCUT2D eigenvalue weighted by atomic mass is 16.5. The summed E-state index contributed by atoms with van der Waals surface area (Å²) in [7, 11) is 1.84. The Bertz CT molecular complexity index is 499. The SMILES string of the molecule is Cn1ccc(-c2nc(C(N)C3CC3)no2)n1. The summed E-state index contributed by atoms with van der Waals surface area (Å²) in [6.45, 7) is 0. The molecule has 2 N–H and O–H groups in total. The number of nitrogens with zero attached hydrogens (tertiary/aromatic N) is 4. The van der Waals surface area contributed by atoms with Crippen LogP contribution in [-0.2, 0) is 7.05 Å². The molecule has 16 heavy (non-hydrogen) atoms. The topological polar surface area (TPSA) is 82.8 Å². The van der Waals surface area contributed by atoms with Crippen molar-refractivity contribution in [2.45, 2.75) is 18.9 Å². The molecule has 84 valence electrons. The maximum Gasteiger partial charge on any atom is 0.278 e. The highest BCUT2D eigenvalue weighted by Gasteiger charge is 2.32. The first kappa shape index (κ1) is 9.53. The highest BCUT2D eigenvalue weighted by Crippen LogP contribution is 2.38. The normalized spacial score (nSPS) is 17.6. The van der Waals surface area contributed by atoms with Crippen LogP contribution in [0.25, 0.3) is 11.6 Å². The van der Waals surface area contributed by atoms with Gasteiger partial charge in [0.05, 0.1) is 6.04 Å². The van der Waals surface area contributed by atoms with Gasteiger partial charge < -0.3 is 10.3 Å². The van der Waals surface area contributed by atoms with Crippen LogP contribution in [0.4, 0.5) is 0 Å². The van der Waals surface area contributed by atoms with Crippen LogP contribution in [0.2, 0.25) is 0 Å². The van der Waals surface area contributed by atoms with Gasteiger partial charge in [0.1, 0.15) is 0 Å². The quantitative estimate of drug-likeness (QED) is 0.828. The fourth-order valence-corrected chi connectivity index (χ4v) is 1.67. The molecule has 0 aromatic carbocycles. The van der Waals surface area contributed by atoms with Gasteiger partial charge in [-0.05, 0) is 24.8 Å². The lowest BCUT2D eigenvalue weighted by molar-refractivity contribution is 0.410. The molecule has 0 radical (unpaired) electrons. The maximum atomic E-state index is 5.99. The van der Waals surface area contributed by atoms with Crippen molar-refractivity contribution in [2.24, 2.45) is 18.7 Å². The molecular weight excluding hydrogens is 206 g/mol. The second-order valence-electron chi connectivity index (χ2n) is 4.20. The van der Waals surface area contributed by atoms with Crippen LogP contribution in [-0.4, -0.2) is 19.9 Å². The molecule has 1 fully saturated rings. The molecule has 6 nitrogen and oxygen atoms in total. The van der Waals surface area contributed by atoms with E-state index in [1.807, 2.05) is 19.3 Å². The van der Waals surface area contributed by atoms with E-state index in [0.717, 1.165) is 12.8 Å². The summed E-state index contributed by atoms with van der Waals surface area (Å²) in [4.78, 5) is 4.28. The number of nitrogens with two attached hydrogens (primary N) is 1. The van der Waals surface area contributed by atoms with Crippen molar-refractivity contribution in [3.63, 3.8) is 0 Å². The minimum Gasteiger partial charge on any atom is -0.332 e. The van der Waals surface area contributed by atoms with Gasteiger partial charge in [0.15, 0.2) is 11.5 Å². The monoisotopic (exact) mass is 219 g/mol. The average Bonchev–Trinajstić information content (AvgIpc) is 2.84. The van der Waals surface area contributed by atoms with Crippen molar-refractivity contribution in [1.29, 1.82) is 0 Å². The smallest absolute Gasteiger partial charge is 0.278 e. The minimum atomic E-state index is -0.0961. The Morgan fingerprint density at radius 2 is 2.38 bits per heavy atom. The van der Waals surface area contributed by atoms with E-state index in [1.54, 1.807) is 4.68 Å². The zero-order valence-corrected chi connectivity index (χ0v) is 9.00. The Hall–Kier alpha value is -1.69. The van der Waals surface area contributed by atoms with Crippen molar-refractivity contribution in [3.8, 4) is 11.6 Å². The van der Waals surface area contributed by atoms with E-state index in [0.29, 0.717) is 23.3 Å². The van der Waals surface area contributed by atoms with E-state index in [-0.39, 0.29) is 6.04 Å². The minimum absolute atomic E-state index is 0.0961. The van der Waals surface area contributed by atoms with Crippen molar-refractivity contribution in [1.82, 2.24) is 19.9 Å². The van der Waals surface area contributed by atoms with E-state index in [2.05, 4.69) is 15.2 Å². The molecule has 1 atom stereocenters. The standard InChI is InChI=1S/C10H13N5O/c1-15-5-4-7(13-15)10-12-9(14-16-10)8(11)6-2-3-6/h4-6,8H,2-3,11H2,1H3. The summed E-state index contributed by atoms with van der Waals surface area (Å²) in [5, 5.41) is 8.10. The van der Waals surface area contributed by atoms with Gasteiger partial charge in [0, 0.05) is 13.2 Å². The zero-order chi connectivity index (χ0) is 11.1. The molecule has 6 heteroatoms. The number of aryl methyl sites for hydroxylation is 1. The summed E-state index contributed by atoms with van der Waals surface area (Å²) >= 11 is 0. The third-order valence-electron chi connectivity index (χ3n) is 2.80. The predicted octanol–water partition coefficient (Wildman–Crippen LogP) is 0.880. The molecule has 0 bridgehead atoms. The van der Waals surface area contributed by atoms with E-state index < -0.39 is 0 Å². The maximum absolute atomic E-state index is 5.99. The molecule has 0 aliphatic heterocycles. The summed E-state index contributed by atoms with van der Waals surface area (Å²) < 4.78 is 6.84. The van der Waals surface area contributed by atoms with Crippen LogP contribution < -0.4 is 5.73 Å². The van der Waals surface area contributed by atoms with Crippen LogP contribution in [0.3, 0.4) is 0 Å². The van der Waals surface area contributed by atoms with Gasteiger partial charge in [-0.3, -0.25) is 4.68 Å². The van der Waals surface area contributed by atoms with Crippen molar-refractivity contribution in [3.05, 3.63) is 18.1 Å². The lowest BCUT2D eigenvalue weighted by Crippen LogP contribution is -2.13. The molecule has 1 aliphatic carbocycles. The van der Waals surface area contributed by atoms with Gasteiger partial charge in [0.2, 0.25) is 0 Å². The largest absolute Gasteiger partial charge is 0.332 e. The zero-order valence-electron chi connectivity index (χ0n) is 9.00. The average molecular weight is 219 g/mol. The molecule has 1 saturated carbocycles. The van der Waals surface area contributed by atoms with Crippen molar-refractivity contribution >= 4 is 0 Å². The first-order valence-corrected chi connectivity index (χ1v) is 5.33. The molecule has 1 unspecified atom stereocenters. The number of rotatable bonds is 3. The molecule has 1 aliphatic rings. The molecule has 2 aromatic rings. The van der Waals surface area contributed by atoms with E-state index >= 15 is 0 Å². The van der Waals surface area contributed by atoms with Gasteiger partial charge in [-0.2, -0.15) is 10.1 Å². The highest BCUT2D eigenvalue weighted by molar-refractivity contribution is 5.44. The van der Waals surface area contributed by atoms with E-state index in [4.69, 9.17) is 10.3 Å². The summed E-state index contributed by atoms with van der Waals surface area (Å²) in [6.07, 6.45) is 4.16. The number of hydrogen-bond acceptors (Lipinski definition) is 5. The predicted molar refractivity (Wildman–Crippen MR) is 56.2 cm³/mol. The van der Waals surface area contributed by atoms with Gasteiger partial charge in [0.25, 0.3) is 5.89 Å². The van der Waals surface area contributed by atoms with Gasteiger partial charge in [-0.15, -0.1) is 0 Å². The lowest BCUT2D eigenvalue weighted by atomic mass is 10.2. The molecule has 0 amide bonds. The van der Waals surface area contributed by atoms with E-state index in [1.165, 1.54) is 0 Å². The van der Waals surface area contributed by atoms with Crippen LogP contribution >= 0.6 is 0 Å². The Kier molecular flexibility index (Phi) is 2.03. The second-order valence-corrected chi connectivity index (χ2v) is 4.20. The fraction of sp³-hybridized carbons (Fsp3) is 0.500. The van der Waals surface area contributed by atoms with Gasteiger partial charge >= 0.3 is 0 Å². The Morgan fingerprint density at radius 1 is 1.56 bits per heavy atom. The first-order valence-electron chi connectivity index (χ1n) is 5.33. The molecule has 0 spiro atoms. The third kappa shape index (κ3) is 1.61. The Balaban J connectivity index is 1.86. The molecule has 2 heterocycles. The Morgan fingerprint density at radius 3 is 3.00 bits per heavy atom. The van der Waals surface area contributed by atoms with Crippen molar-refractivity contribution in [2.75, 3.05) is 0 Å². The first-order chi connectivity index (χ1) is 7.74. The summed E-state index contributed by atoms with van der Waals surface area (Å²) in [5.74, 6) is 1.55. The summed E-state index contributed by atoms with van der Waals surface area (Å²) in [6, 6.07) is 1.74. The van der Waals surface area contributed by atoms with Gasteiger partial charge in [-0.25, -0.2) is 0 Å². The summed E-state index contributed by atoms with van der Waals surface area (Å²) in [5.41, 5.74) is 6.67. The Labute approximate surface area is 92.4 Å².